The summed E-state index contributed by atoms with van der Waals surface area (Å²) in [5.74, 6) is 3.52. The molecule has 2 saturated carbocycles. The van der Waals surface area contributed by atoms with E-state index in [0.29, 0.717) is 0 Å². The second kappa shape index (κ2) is 4.10. The Bertz CT molecular complexity index is 546. The third-order valence-corrected chi connectivity index (χ3v) is 6.21. The Kier molecular flexibility index (Phi) is 2.33. The van der Waals surface area contributed by atoms with Gasteiger partial charge in [0.15, 0.2) is 0 Å². The minimum absolute atomic E-state index is 0.868. The topological polar surface area (TPSA) is 0 Å². The smallest absolute Gasteiger partial charge is 0.0153 e. The standard InChI is InChI=1S/C20H22/c1-3-17-9-13(1)11-19(17)15-5-7-16(8-6-15)20-12-14-2-4-18(20)10-14/h5-8,11-14,17-18H,1-4,9-10H2. The van der Waals surface area contributed by atoms with Crippen LogP contribution in [0.1, 0.15) is 49.7 Å². The van der Waals surface area contributed by atoms with Crippen LogP contribution in [0.4, 0.5) is 0 Å². The summed E-state index contributed by atoms with van der Waals surface area (Å²) in [7, 11) is 0. The van der Waals surface area contributed by atoms with Gasteiger partial charge in [0.1, 0.15) is 0 Å². The van der Waals surface area contributed by atoms with Crippen molar-refractivity contribution in [1.29, 1.82) is 0 Å². The Hall–Kier alpha value is -1.30. The molecule has 0 aromatic heterocycles. The van der Waals surface area contributed by atoms with Crippen LogP contribution in [-0.4, -0.2) is 0 Å². The van der Waals surface area contributed by atoms with E-state index in [0.717, 1.165) is 23.7 Å². The van der Waals surface area contributed by atoms with Crippen LogP contribution in [-0.2, 0) is 0 Å². The van der Waals surface area contributed by atoms with Crippen LogP contribution < -0.4 is 0 Å². The fraction of sp³-hybridized carbons (Fsp3) is 0.500. The highest BCUT2D eigenvalue weighted by atomic mass is 14.4. The lowest BCUT2D eigenvalue weighted by Gasteiger charge is -2.16. The lowest BCUT2D eigenvalue weighted by Crippen LogP contribution is -1.99. The van der Waals surface area contributed by atoms with Crippen molar-refractivity contribution in [3.8, 4) is 0 Å². The van der Waals surface area contributed by atoms with Gasteiger partial charge in [-0.3, -0.25) is 0 Å². The summed E-state index contributed by atoms with van der Waals surface area (Å²) in [6.45, 7) is 0. The third-order valence-electron chi connectivity index (χ3n) is 6.21. The summed E-state index contributed by atoms with van der Waals surface area (Å²) in [6, 6.07) is 9.53. The molecule has 0 N–H and O–H groups in total. The van der Waals surface area contributed by atoms with Crippen molar-refractivity contribution >= 4 is 11.1 Å². The van der Waals surface area contributed by atoms with E-state index in [1.54, 1.807) is 11.1 Å². The van der Waals surface area contributed by atoms with Crippen LogP contribution in [0.3, 0.4) is 0 Å². The Morgan fingerprint density at radius 1 is 0.600 bits per heavy atom. The van der Waals surface area contributed by atoms with Gasteiger partial charge < -0.3 is 0 Å². The maximum absolute atomic E-state index is 2.56. The van der Waals surface area contributed by atoms with E-state index in [1.807, 2.05) is 0 Å². The summed E-state index contributed by atoms with van der Waals surface area (Å²) in [4.78, 5) is 0. The van der Waals surface area contributed by atoms with E-state index >= 15 is 0 Å². The van der Waals surface area contributed by atoms with Crippen molar-refractivity contribution < 1.29 is 0 Å². The molecule has 20 heavy (non-hydrogen) atoms. The van der Waals surface area contributed by atoms with Gasteiger partial charge in [-0.05, 0) is 84.5 Å². The molecule has 0 saturated heterocycles. The molecule has 0 radical (unpaired) electrons. The van der Waals surface area contributed by atoms with Crippen molar-refractivity contribution in [2.75, 3.05) is 0 Å². The monoisotopic (exact) mass is 262 g/mol. The van der Waals surface area contributed by atoms with Crippen LogP contribution in [0.5, 0.6) is 0 Å². The van der Waals surface area contributed by atoms with E-state index in [2.05, 4.69) is 36.4 Å². The average molecular weight is 262 g/mol. The van der Waals surface area contributed by atoms with E-state index < -0.39 is 0 Å². The quantitative estimate of drug-likeness (QED) is 0.677. The van der Waals surface area contributed by atoms with E-state index in [-0.39, 0.29) is 0 Å². The summed E-state index contributed by atoms with van der Waals surface area (Å²) < 4.78 is 0. The molecule has 0 heteroatoms. The number of hydrogen-bond donors (Lipinski definition) is 0. The first kappa shape index (κ1) is 11.4. The molecule has 0 nitrogen and oxygen atoms in total. The third kappa shape index (κ3) is 1.60. The SMILES string of the molecule is C1=C(c2ccc(C3=CC4CCC3C4)cc2)C2CCC1C2. The highest BCUT2D eigenvalue weighted by Gasteiger charge is 2.34. The van der Waals surface area contributed by atoms with E-state index in [9.17, 15) is 0 Å². The maximum atomic E-state index is 2.56. The first-order valence-electron chi connectivity index (χ1n) is 8.41. The minimum Gasteiger partial charge on any atom is -0.0773 e. The molecule has 0 heterocycles. The van der Waals surface area contributed by atoms with E-state index in [4.69, 9.17) is 0 Å². The van der Waals surface area contributed by atoms with Gasteiger partial charge in [0.05, 0.1) is 0 Å². The molecule has 4 aliphatic carbocycles. The van der Waals surface area contributed by atoms with Crippen LogP contribution in [0.2, 0.25) is 0 Å². The predicted molar refractivity (Wildman–Crippen MR) is 84.1 cm³/mol. The summed E-state index contributed by atoms with van der Waals surface area (Å²) in [6.07, 6.45) is 13.7. The van der Waals surface area contributed by atoms with Crippen LogP contribution >= 0.6 is 0 Å². The summed E-state index contributed by atoms with van der Waals surface area (Å²) in [5, 5.41) is 0. The molecule has 4 unspecified atom stereocenters. The van der Waals surface area contributed by atoms with Crippen molar-refractivity contribution in [3.63, 3.8) is 0 Å². The van der Waals surface area contributed by atoms with Crippen LogP contribution in [0.15, 0.2) is 36.4 Å². The first-order chi connectivity index (χ1) is 9.87. The average Bonchev–Trinajstić information content (AvgIpc) is 3.27. The van der Waals surface area contributed by atoms with Gasteiger partial charge >= 0.3 is 0 Å². The minimum atomic E-state index is 0.868. The Morgan fingerprint density at radius 2 is 1.05 bits per heavy atom. The first-order valence-corrected chi connectivity index (χ1v) is 8.41. The zero-order valence-corrected chi connectivity index (χ0v) is 12.0. The molecule has 102 valence electrons. The van der Waals surface area contributed by atoms with Crippen molar-refractivity contribution in [3.05, 3.63) is 47.5 Å². The normalized spacial score (nSPS) is 37.4. The fourth-order valence-electron chi connectivity index (χ4n) is 5.20. The largest absolute Gasteiger partial charge is 0.0773 e. The Balaban J connectivity index is 1.45. The summed E-state index contributed by atoms with van der Waals surface area (Å²) in [5.41, 5.74) is 6.28. The molecule has 0 aliphatic heterocycles. The predicted octanol–water partition coefficient (Wildman–Crippen LogP) is 5.31. The number of allylic oxidation sites excluding steroid dienone is 4. The number of benzene rings is 1. The molecule has 0 amide bonds. The zero-order valence-electron chi connectivity index (χ0n) is 12.0. The molecule has 4 atom stereocenters. The Morgan fingerprint density at radius 3 is 1.35 bits per heavy atom. The molecular weight excluding hydrogens is 240 g/mol. The second-order valence-electron chi connectivity index (χ2n) is 7.36. The molecular formula is C20H22. The highest BCUT2D eigenvalue weighted by Crippen LogP contribution is 2.49. The number of fused-ring (bicyclic) bond motifs is 4. The molecule has 0 spiro atoms. The van der Waals surface area contributed by atoms with Gasteiger partial charge in [-0.2, -0.15) is 0 Å². The van der Waals surface area contributed by atoms with Crippen molar-refractivity contribution in [1.82, 2.24) is 0 Å². The van der Waals surface area contributed by atoms with Gasteiger partial charge in [0.2, 0.25) is 0 Å². The molecule has 1 aromatic carbocycles. The zero-order chi connectivity index (χ0) is 13.1. The number of hydrogen-bond acceptors (Lipinski definition) is 0. The number of rotatable bonds is 2. The molecule has 1 aromatic rings. The van der Waals surface area contributed by atoms with Gasteiger partial charge in [-0.1, -0.05) is 36.4 Å². The lowest BCUT2D eigenvalue weighted by atomic mass is 9.88. The van der Waals surface area contributed by atoms with Gasteiger partial charge in [0, 0.05) is 0 Å². The molecule has 2 fully saturated rings. The molecule has 4 bridgehead atoms. The van der Waals surface area contributed by atoms with Gasteiger partial charge in [0.25, 0.3) is 0 Å². The molecule has 5 rings (SSSR count). The van der Waals surface area contributed by atoms with Crippen molar-refractivity contribution in [2.24, 2.45) is 23.7 Å². The van der Waals surface area contributed by atoms with Crippen LogP contribution in [0, 0.1) is 23.7 Å². The van der Waals surface area contributed by atoms with Gasteiger partial charge in [-0.15, -0.1) is 0 Å². The lowest BCUT2D eigenvalue weighted by molar-refractivity contribution is 0.694. The van der Waals surface area contributed by atoms with Gasteiger partial charge in [-0.25, -0.2) is 0 Å². The summed E-state index contributed by atoms with van der Waals surface area (Å²) >= 11 is 0. The van der Waals surface area contributed by atoms with Crippen molar-refractivity contribution in [2.45, 2.75) is 38.5 Å². The van der Waals surface area contributed by atoms with Crippen LogP contribution in [0.25, 0.3) is 11.1 Å². The molecule has 4 aliphatic rings. The van der Waals surface area contributed by atoms with E-state index in [1.165, 1.54) is 49.7 Å². The highest BCUT2D eigenvalue weighted by molar-refractivity contribution is 5.75. The second-order valence-corrected chi connectivity index (χ2v) is 7.36. The maximum Gasteiger partial charge on any atom is -0.0153 e. The fourth-order valence-corrected chi connectivity index (χ4v) is 5.20. The Labute approximate surface area is 121 Å².